The molecule has 0 aromatic rings. The topological polar surface area (TPSA) is 58.6 Å². The van der Waals surface area contributed by atoms with Gasteiger partial charge in [-0.2, -0.15) is 0 Å². The zero-order chi connectivity index (χ0) is 10.4. The summed E-state index contributed by atoms with van der Waals surface area (Å²) < 4.78 is 4.94. The Bertz CT molecular complexity index is 188. The number of rotatable bonds is 5. The van der Waals surface area contributed by atoms with Crippen LogP contribution in [0.3, 0.4) is 0 Å². The second-order valence-corrected chi connectivity index (χ2v) is 3.87. The van der Waals surface area contributed by atoms with Crippen molar-refractivity contribution < 1.29 is 14.6 Å². The van der Waals surface area contributed by atoms with E-state index in [2.05, 4.69) is 5.32 Å². The normalized spacial score (nSPS) is 27.5. The van der Waals surface area contributed by atoms with Gasteiger partial charge >= 0.3 is 5.97 Å². The summed E-state index contributed by atoms with van der Waals surface area (Å²) in [6.07, 6.45) is 4.30. The number of aliphatic carboxylic acids is 1. The second kappa shape index (κ2) is 5.32. The molecule has 1 aliphatic rings. The van der Waals surface area contributed by atoms with Crippen molar-refractivity contribution in [3.05, 3.63) is 0 Å². The molecule has 1 unspecified atom stereocenters. The zero-order valence-electron chi connectivity index (χ0n) is 8.71. The summed E-state index contributed by atoms with van der Waals surface area (Å²) in [5.74, 6) is -0.715. The molecule has 0 amide bonds. The van der Waals surface area contributed by atoms with Gasteiger partial charge in [0, 0.05) is 13.7 Å². The number of ether oxygens (including phenoxy) is 1. The summed E-state index contributed by atoms with van der Waals surface area (Å²) in [6, 6.07) is 0. The monoisotopic (exact) mass is 201 g/mol. The van der Waals surface area contributed by atoms with Crippen LogP contribution in [0.1, 0.15) is 32.1 Å². The summed E-state index contributed by atoms with van der Waals surface area (Å²) >= 11 is 0. The lowest BCUT2D eigenvalue weighted by atomic mass is 9.85. The average molecular weight is 201 g/mol. The van der Waals surface area contributed by atoms with E-state index in [0.29, 0.717) is 13.0 Å². The van der Waals surface area contributed by atoms with Crippen LogP contribution in [0.5, 0.6) is 0 Å². The van der Waals surface area contributed by atoms with Crippen LogP contribution >= 0.6 is 0 Å². The standard InChI is InChI=1S/C10H19NO3/c1-14-8-4-6-10(9(12)13)5-2-3-7-11-10/h11H,2-8H2,1H3,(H,12,13). The molecule has 1 aliphatic heterocycles. The third-order valence-corrected chi connectivity index (χ3v) is 2.86. The second-order valence-electron chi connectivity index (χ2n) is 3.87. The van der Waals surface area contributed by atoms with Crippen LogP contribution in [0, 0.1) is 0 Å². The molecular weight excluding hydrogens is 182 g/mol. The van der Waals surface area contributed by atoms with E-state index in [1.165, 1.54) is 0 Å². The highest BCUT2D eigenvalue weighted by molar-refractivity contribution is 5.78. The Morgan fingerprint density at radius 1 is 1.57 bits per heavy atom. The van der Waals surface area contributed by atoms with Gasteiger partial charge in [-0.1, -0.05) is 0 Å². The Hall–Kier alpha value is -0.610. The Morgan fingerprint density at radius 2 is 2.36 bits per heavy atom. The molecule has 1 atom stereocenters. The SMILES string of the molecule is COCCCC1(C(=O)O)CCCCN1. The zero-order valence-corrected chi connectivity index (χ0v) is 8.71. The predicted molar refractivity (Wildman–Crippen MR) is 53.3 cm³/mol. The molecular formula is C10H19NO3. The molecule has 0 radical (unpaired) electrons. The predicted octanol–water partition coefficient (Wildman–Crippen LogP) is 1.01. The molecule has 1 heterocycles. The van der Waals surface area contributed by atoms with Gasteiger partial charge in [0.2, 0.25) is 0 Å². The molecule has 0 saturated carbocycles. The van der Waals surface area contributed by atoms with Gasteiger partial charge < -0.3 is 15.2 Å². The minimum absolute atomic E-state index is 0.636. The fraction of sp³-hybridized carbons (Fsp3) is 0.900. The van der Waals surface area contributed by atoms with Crippen molar-refractivity contribution in [2.75, 3.05) is 20.3 Å². The van der Waals surface area contributed by atoms with Gasteiger partial charge in [-0.25, -0.2) is 0 Å². The van der Waals surface area contributed by atoms with Gasteiger partial charge in [-0.15, -0.1) is 0 Å². The first-order chi connectivity index (χ1) is 6.71. The van der Waals surface area contributed by atoms with Crippen molar-refractivity contribution in [2.45, 2.75) is 37.6 Å². The first-order valence-electron chi connectivity index (χ1n) is 5.19. The summed E-state index contributed by atoms with van der Waals surface area (Å²) in [6.45, 7) is 1.45. The van der Waals surface area contributed by atoms with E-state index in [-0.39, 0.29) is 0 Å². The molecule has 2 N–H and O–H groups in total. The van der Waals surface area contributed by atoms with Gasteiger partial charge in [0.05, 0.1) is 0 Å². The Kier molecular flexibility index (Phi) is 4.35. The van der Waals surface area contributed by atoms with Crippen molar-refractivity contribution in [2.24, 2.45) is 0 Å². The van der Waals surface area contributed by atoms with Crippen molar-refractivity contribution in [1.82, 2.24) is 5.32 Å². The molecule has 4 heteroatoms. The van der Waals surface area contributed by atoms with E-state index in [9.17, 15) is 9.90 Å². The van der Waals surface area contributed by atoms with E-state index in [4.69, 9.17) is 4.74 Å². The van der Waals surface area contributed by atoms with E-state index in [1.54, 1.807) is 7.11 Å². The molecule has 1 rings (SSSR count). The average Bonchev–Trinajstić information content (AvgIpc) is 2.19. The van der Waals surface area contributed by atoms with Gasteiger partial charge in [-0.05, 0) is 38.6 Å². The quantitative estimate of drug-likeness (QED) is 0.652. The van der Waals surface area contributed by atoms with Crippen LogP contribution in [0.25, 0.3) is 0 Å². The summed E-state index contributed by atoms with van der Waals surface area (Å²) in [4.78, 5) is 11.2. The minimum atomic E-state index is -0.715. The van der Waals surface area contributed by atoms with Crippen molar-refractivity contribution in [3.63, 3.8) is 0 Å². The summed E-state index contributed by atoms with van der Waals surface area (Å²) in [5.41, 5.74) is -0.684. The summed E-state index contributed by atoms with van der Waals surface area (Å²) in [7, 11) is 1.64. The van der Waals surface area contributed by atoms with E-state index < -0.39 is 11.5 Å². The first-order valence-corrected chi connectivity index (χ1v) is 5.19. The third-order valence-electron chi connectivity index (χ3n) is 2.86. The number of carbonyl (C=O) groups is 1. The lowest BCUT2D eigenvalue weighted by Crippen LogP contribution is -2.54. The van der Waals surface area contributed by atoms with Crippen LogP contribution < -0.4 is 5.32 Å². The van der Waals surface area contributed by atoms with Gasteiger partial charge in [-0.3, -0.25) is 4.79 Å². The maximum absolute atomic E-state index is 11.2. The highest BCUT2D eigenvalue weighted by Gasteiger charge is 2.38. The smallest absolute Gasteiger partial charge is 0.323 e. The number of hydrogen-bond acceptors (Lipinski definition) is 3. The highest BCUT2D eigenvalue weighted by Crippen LogP contribution is 2.24. The van der Waals surface area contributed by atoms with Crippen LogP contribution in [0.4, 0.5) is 0 Å². The first kappa shape index (κ1) is 11.5. The van der Waals surface area contributed by atoms with Crippen LogP contribution in [-0.2, 0) is 9.53 Å². The van der Waals surface area contributed by atoms with Crippen molar-refractivity contribution >= 4 is 5.97 Å². The number of nitrogens with one attached hydrogen (secondary N) is 1. The van der Waals surface area contributed by atoms with E-state index in [1.807, 2.05) is 0 Å². The van der Waals surface area contributed by atoms with E-state index in [0.717, 1.165) is 32.2 Å². The van der Waals surface area contributed by atoms with E-state index >= 15 is 0 Å². The molecule has 0 bridgehead atoms. The maximum atomic E-state index is 11.2. The molecule has 82 valence electrons. The Balaban J connectivity index is 2.47. The maximum Gasteiger partial charge on any atom is 0.323 e. The molecule has 0 aliphatic carbocycles. The Labute approximate surface area is 84.6 Å². The molecule has 0 aromatic carbocycles. The fourth-order valence-corrected chi connectivity index (χ4v) is 1.99. The van der Waals surface area contributed by atoms with Crippen LogP contribution in [0.15, 0.2) is 0 Å². The lowest BCUT2D eigenvalue weighted by molar-refractivity contribution is -0.146. The molecule has 0 aromatic heterocycles. The highest BCUT2D eigenvalue weighted by atomic mass is 16.5. The van der Waals surface area contributed by atoms with Gasteiger partial charge in [0.15, 0.2) is 0 Å². The molecule has 0 spiro atoms. The van der Waals surface area contributed by atoms with Gasteiger partial charge in [0.25, 0.3) is 0 Å². The van der Waals surface area contributed by atoms with Crippen LogP contribution in [-0.4, -0.2) is 36.9 Å². The third kappa shape index (κ3) is 2.69. The number of carboxylic acid groups (broad SMARTS) is 1. The molecule has 1 fully saturated rings. The number of hydrogen-bond donors (Lipinski definition) is 2. The largest absolute Gasteiger partial charge is 0.480 e. The van der Waals surface area contributed by atoms with Crippen molar-refractivity contribution in [3.8, 4) is 0 Å². The Morgan fingerprint density at radius 3 is 2.86 bits per heavy atom. The molecule has 14 heavy (non-hydrogen) atoms. The molecule has 1 saturated heterocycles. The fourth-order valence-electron chi connectivity index (χ4n) is 1.99. The number of piperidine rings is 1. The minimum Gasteiger partial charge on any atom is -0.480 e. The number of carboxylic acids is 1. The van der Waals surface area contributed by atoms with Crippen molar-refractivity contribution in [1.29, 1.82) is 0 Å². The van der Waals surface area contributed by atoms with Gasteiger partial charge in [0.1, 0.15) is 5.54 Å². The lowest BCUT2D eigenvalue weighted by Gasteiger charge is -2.34. The van der Waals surface area contributed by atoms with Crippen LogP contribution in [0.2, 0.25) is 0 Å². The molecule has 4 nitrogen and oxygen atoms in total. The summed E-state index contributed by atoms with van der Waals surface area (Å²) in [5, 5.41) is 12.3. The number of methoxy groups -OCH3 is 1.